The molecule has 3 heterocycles. The number of pyridine rings is 1. The zero-order valence-electron chi connectivity index (χ0n) is 13.4. The van der Waals surface area contributed by atoms with Crippen molar-refractivity contribution in [2.45, 2.75) is 16.6 Å². The summed E-state index contributed by atoms with van der Waals surface area (Å²) >= 11 is 2.55. The number of anilines is 2. The lowest BCUT2D eigenvalue weighted by Gasteiger charge is -2.15. The molecule has 1 aliphatic heterocycles. The number of H-pyrrole nitrogens is 1. The molecular weight excluding hydrogens is 383 g/mol. The van der Waals surface area contributed by atoms with Gasteiger partial charge in [-0.1, -0.05) is 0 Å². The standard InChI is InChI=1S/C17H14F3N3OS2/c18-12-7-10-3-5-21-16(24)11(10)8-13(12)22-26-15-2-1-14(25-15)23-6-4-17(19,20)9-23/h1-3,5,7-8,22H,4,6,9H2,(H,21,24). The van der Waals surface area contributed by atoms with Crippen LogP contribution in [0.25, 0.3) is 10.8 Å². The van der Waals surface area contributed by atoms with Gasteiger partial charge in [-0.25, -0.2) is 13.2 Å². The number of benzene rings is 1. The molecule has 0 radical (unpaired) electrons. The average molecular weight is 397 g/mol. The highest BCUT2D eigenvalue weighted by atomic mass is 32.2. The van der Waals surface area contributed by atoms with Crippen LogP contribution in [0.2, 0.25) is 0 Å². The number of rotatable bonds is 4. The third-order valence-electron chi connectivity index (χ3n) is 4.17. The van der Waals surface area contributed by atoms with E-state index in [-0.39, 0.29) is 24.2 Å². The van der Waals surface area contributed by atoms with Crippen LogP contribution >= 0.6 is 23.3 Å². The summed E-state index contributed by atoms with van der Waals surface area (Å²) in [6.45, 7) is 0.0558. The Balaban J connectivity index is 1.50. The second kappa shape index (κ2) is 6.55. The number of hydrogen-bond acceptors (Lipinski definition) is 5. The van der Waals surface area contributed by atoms with Crippen LogP contribution in [0.3, 0.4) is 0 Å². The van der Waals surface area contributed by atoms with Gasteiger partial charge in [0, 0.05) is 24.5 Å². The fraction of sp³-hybridized carbons (Fsp3) is 0.235. The van der Waals surface area contributed by atoms with Crippen LogP contribution in [0.4, 0.5) is 23.9 Å². The van der Waals surface area contributed by atoms with E-state index >= 15 is 0 Å². The number of thiophene rings is 1. The first kappa shape index (κ1) is 17.3. The van der Waals surface area contributed by atoms with E-state index in [0.29, 0.717) is 17.3 Å². The van der Waals surface area contributed by atoms with Crippen LogP contribution in [-0.4, -0.2) is 24.0 Å². The van der Waals surface area contributed by atoms with Crippen molar-refractivity contribution in [3.8, 4) is 0 Å². The Morgan fingerprint density at radius 1 is 1.27 bits per heavy atom. The van der Waals surface area contributed by atoms with Gasteiger partial charge in [0.15, 0.2) is 0 Å². The van der Waals surface area contributed by atoms with E-state index in [1.807, 2.05) is 0 Å². The van der Waals surface area contributed by atoms with Gasteiger partial charge < -0.3 is 14.6 Å². The summed E-state index contributed by atoms with van der Waals surface area (Å²) in [5, 5.41) is 1.68. The van der Waals surface area contributed by atoms with Crippen molar-refractivity contribution in [3.63, 3.8) is 0 Å². The second-order valence-electron chi connectivity index (χ2n) is 6.05. The number of aromatic amines is 1. The molecule has 2 N–H and O–H groups in total. The molecule has 0 amide bonds. The van der Waals surface area contributed by atoms with Crippen molar-refractivity contribution in [2.24, 2.45) is 0 Å². The number of hydrogen-bond donors (Lipinski definition) is 2. The van der Waals surface area contributed by atoms with Gasteiger partial charge in [-0.15, -0.1) is 11.3 Å². The Kier molecular flexibility index (Phi) is 4.36. The SMILES string of the molecule is O=c1[nH]ccc2cc(F)c(NSc3ccc(N4CCC(F)(F)C4)s3)cc12. The van der Waals surface area contributed by atoms with Crippen LogP contribution in [-0.2, 0) is 0 Å². The van der Waals surface area contributed by atoms with Crippen molar-refractivity contribution in [2.75, 3.05) is 22.7 Å². The van der Waals surface area contributed by atoms with Crippen molar-refractivity contribution < 1.29 is 13.2 Å². The normalized spacial score (nSPS) is 16.3. The molecule has 1 aromatic carbocycles. The van der Waals surface area contributed by atoms with Gasteiger partial charge in [0.2, 0.25) is 0 Å². The third-order valence-corrected chi connectivity index (χ3v) is 6.27. The van der Waals surface area contributed by atoms with E-state index in [0.717, 1.165) is 9.21 Å². The van der Waals surface area contributed by atoms with Crippen LogP contribution in [0.5, 0.6) is 0 Å². The minimum atomic E-state index is -2.64. The van der Waals surface area contributed by atoms with Gasteiger partial charge >= 0.3 is 0 Å². The molecule has 2 aromatic heterocycles. The molecule has 9 heteroatoms. The number of halogens is 3. The Morgan fingerprint density at radius 3 is 2.88 bits per heavy atom. The Bertz CT molecular complexity index is 1020. The molecule has 26 heavy (non-hydrogen) atoms. The quantitative estimate of drug-likeness (QED) is 0.627. The molecule has 1 fully saturated rings. The average Bonchev–Trinajstić information content (AvgIpc) is 3.19. The zero-order chi connectivity index (χ0) is 18.3. The molecule has 0 saturated carbocycles. The first-order valence-corrected chi connectivity index (χ1v) is 9.51. The summed E-state index contributed by atoms with van der Waals surface area (Å²) in [5.41, 5.74) is -0.0919. The Hall–Kier alpha value is -2.13. The predicted molar refractivity (Wildman–Crippen MR) is 100 cm³/mol. The van der Waals surface area contributed by atoms with Crippen LogP contribution in [0, 0.1) is 5.82 Å². The predicted octanol–water partition coefficient (Wildman–Crippen LogP) is 4.69. The van der Waals surface area contributed by atoms with Crippen molar-refractivity contribution in [1.82, 2.24) is 4.98 Å². The van der Waals surface area contributed by atoms with E-state index < -0.39 is 11.7 Å². The van der Waals surface area contributed by atoms with Gasteiger partial charge in [-0.2, -0.15) is 0 Å². The molecule has 0 atom stereocenters. The number of aromatic nitrogens is 1. The Morgan fingerprint density at radius 2 is 2.12 bits per heavy atom. The highest BCUT2D eigenvalue weighted by molar-refractivity contribution is 8.02. The Labute approximate surface area is 155 Å². The molecule has 0 spiro atoms. The number of nitrogens with one attached hydrogen (secondary N) is 2. The molecule has 3 aromatic rings. The molecule has 0 unspecified atom stereocenters. The maximum absolute atomic E-state index is 14.2. The van der Waals surface area contributed by atoms with Crippen LogP contribution < -0.4 is 15.2 Å². The van der Waals surface area contributed by atoms with E-state index in [1.54, 1.807) is 23.1 Å². The lowest BCUT2D eigenvalue weighted by atomic mass is 10.1. The second-order valence-corrected chi connectivity index (χ2v) is 8.22. The molecule has 0 aliphatic carbocycles. The highest BCUT2D eigenvalue weighted by Crippen LogP contribution is 2.38. The van der Waals surface area contributed by atoms with E-state index in [9.17, 15) is 18.0 Å². The minimum Gasteiger partial charge on any atom is -0.357 e. The fourth-order valence-corrected chi connectivity index (χ4v) is 4.66. The van der Waals surface area contributed by atoms with E-state index in [2.05, 4.69) is 9.71 Å². The summed E-state index contributed by atoms with van der Waals surface area (Å²) < 4.78 is 44.6. The number of alkyl halides is 2. The molecular formula is C17H14F3N3OS2. The molecule has 1 aliphatic rings. The molecule has 4 nitrogen and oxygen atoms in total. The van der Waals surface area contributed by atoms with Gasteiger partial charge in [0.25, 0.3) is 11.5 Å². The maximum Gasteiger partial charge on any atom is 0.266 e. The van der Waals surface area contributed by atoms with E-state index in [4.69, 9.17) is 0 Å². The monoisotopic (exact) mass is 397 g/mol. The lowest BCUT2D eigenvalue weighted by molar-refractivity contribution is 0.0257. The zero-order valence-corrected chi connectivity index (χ0v) is 15.0. The minimum absolute atomic E-state index is 0.136. The molecule has 4 rings (SSSR count). The summed E-state index contributed by atoms with van der Waals surface area (Å²) in [6.07, 6.45) is 1.34. The molecule has 0 bridgehead atoms. The summed E-state index contributed by atoms with van der Waals surface area (Å²) in [6, 6.07) is 8.00. The van der Waals surface area contributed by atoms with Crippen LogP contribution in [0.15, 0.2) is 45.5 Å². The maximum atomic E-state index is 14.2. The van der Waals surface area contributed by atoms with Crippen molar-refractivity contribution in [1.29, 1.82) is 0 Å². The fourth-order valence-electron chi connectivity index (χ4n) is 2.85. The van der Waals surface area contributed by atoms with Gasteiger partial charge in [-0.05, 0) is 47.7 Å². The van der Waals surface area contributed by atoms with Gasteiger partial charge in [0.05, 0.1) is 21.4 Å². The third kappa shape index (κ3) is 3.41. The first-order chi connectivity index (χ1) is 12.4. The van der Waals surface area contributed by atoms with Crippen molar-refractivity contribution in [3.05, 3.63) is 52.7 Å². The lowest BCUT2D eigenvalue weighted by Crippen LogP contribution is -2.23. The largest absolute Gasteiger partial charge is 0.357 e. The summed E-state index contributed by atoms with van der Waals surface area (Å²) in [4.78, 5) is 16.1. The van der Waals surface area contributed by atoms with E-state index in [1.165, 1.54) is 41.6 Å². The van der Waals surface area contributed by atoms with Crippen LogP contribution in [0.1, 0.15) is 6.42 Å². The van der Waals surface area contributed by atoms with Gasteiger partial charge in [-0.3, -0.25) is 4.79 Å². The number of fused-ring (bicyclic) bond motifs is 1. The highest BCUT2D eigenvalue weighted by Gasteiger charge is 2.38. The topological polar surface area (TPSA) is 48.1 Å². The summed E-state index contributed by atoms with van der Waals surface area (Å²) in [7, 11) is 0. The van der Waals surface area contributed by atoms with Gasteiger partial charge in [0.1, 0.15) is 5.82 Å². The summed E-state index contributed by atoms with van der Waals surface area (Å²) in [5.74, 6) is -3.11. The first-order valence-electron chi connectivity index (χ1n) is 7.88. The smallest absolute Gasteiger partial charge is 0.266 e. The van der Waals surface area contributed by atoms with Crippen molar-refractivity contribution >= 4 is 44.7 Å². The number of nitrogens with zero attached hydrogens (tertiary/aromatic N) is 1. The molecule has 1 saturated heterocycles. The molecule has 136 valence electrons.